The first-order chi connectivity index (χ1) is 18.0. The first kappa shape index (κ1) is 24.0. The number of aliphatic hydroxyl groups excluding tert-OH is 1. The molecule has 3 saturated heterocycles. The lowest BCUT2D eigenvalue weighted by molar-refractivity contribution is 0.00794. The Morgan fingerprint density at radius 3 is 2.68 bits per heavy atom. The Labute approximate surface area is 212 Å². The summed E-state index contributed by atoms with van der Waals surface area (Å²) in [5.74, 6) is 0.00795. The van der Waals surface area contributed by atoms with Crippen molar-refractivity contribution in [2.75, 3.05) is 38.3 Å². The number of amides is 1. The molecule has 10 nitrogen and oxygen atoms in total. The van der Waals surface area contributed by atoms with Gasteiger partial charge in [0.1, 0.15) is 24.0 Å². The van der Waals surface area contributed by atoms with E-state index in [1.54, 1.807) is 6.07 Å². The van der Waals surface area contributed by atoms with Crippen molar-refractivity contribution < 1.29 is 33.2 Å². The Morgan fingerprint density at radius 2 is 1.92 bits per heavy atom. The van der Waals surface area contributed by atoms with Crippen molar-refractivity contribution in [1.29, 1.82) is 0 Å². The van der Waals surface area contributed by atoms with E-state index < -0.39 is 18.0 Å². The molecule has 196 valence electrons. The van der Waals surface area contributed by atoms with E-state index in [9.17, 15) is 9.90 Å². The lowest BCUT2D eigenvalue weighted by Gasteiger charge is -2.33. The zero-order chi connectivity index (χ0) is 25.5. The molecule has 3 aliphatic rings. The van der Waals surface area contributed by atoms with Crippen LogP contribution >= 0.6 is 0 Å². The predicted molar refractivity (Wildman–Crippen MR) is 132 cm³/mol. The summed E-state index contributed by atoms with van der Waals surface area (Å²) in [6.45, 7) is 2.13. The molecule has 3 fully saturated rings. The molecule has 0 unspecified atom stereocenters. The molecule has 0 bridgehead atoms. The van der Waals surface area contributed by atoms with Crippen LogP contribution in [0.25, 0.3) is 22.3 Å². The summed E-state index contributed by atoms with van der Waals surface area (Å²) < 4.78 is 36.9. The Kier molecular flexibility index (Phi) is 6.35. The van der Waals surface area contributed by atoms with Gasteiger partial charge in [-0.25, -0.2) is 14.2 Å². The highest BCUT2D eigenvalue weighted by Gasteiger charge is 2.48. The molecule has 4 atom stereocenters. The van der Waals surface area contributed by atoms with Crippen LogP contribution in [-0.2, 0) is 14.2 Å². The van der Waals surface area contributed by atoms with Gasteiger partial charge in [-0.2, -0.15) is 0 Å². The third kappa shape index (κ3) is 4.70. The Hall–Kier alpha value is -3.41. The molecule has 11 heteroatoms. The van der Waals surface area contributed by atoms with Gasteiger partial charge < -0.3 is 39.3 Å². The van der Waals surface area contributed by atoms with Crippen LogP contribution < -0.4 is 15.0 Å². The lowest BCUT2D eigenvalue weighted by atomic mass is 10.0. The minimum Gasteiger partial charge on any atom is -0.470 e. The maximum absolute atomic E-state index is 15.0. The number of aromatic amines is 1. The maximum Gasteiger partial charge on any atom is 0.407 e. The summed E-state index contributed by atoms with van der Waals surface area (Å²) in [6, 6.07) is 10.9. The first-order valence-electron chi connectivity index (χ1n) is 12.5. The number of pyridine rings is 1. The van der Waals surface area contributed by atoms with Gasteiger partial charge in [0, 0.05) is 42.5 Å². The zero-order valence-electron chi connectivity index (χ0n) is 20.4. The average Bonchev–Trinajstić information content (AvgIpc) is 3.60. The first-order valence-corrected chi connectivity index (χ1v) is 12.5. The number of alkyl carbamates (subject to hydrolysis) is 1. The fraction of sp³-hybridized carbons (Fsp3) is 0.462. The number of anilines is 1. The second-order valence-corrected chi connectivity index (χ2v) is 9.65. The van der Waals surface area contributed by atoms with Crippen LogP contribution in [-0.4, -0.2) is 85.0 Å². The number of aliphatic hydroxyl groups is 1. The van der Waals surface area contributed by atoms with E-state index in [4.69, 9.17) is 14.2 Å². The molecule has 0 radical (unpaired) electrons. The molecule has 3 aliphatic heterocycles. The second-order valence-electron chi connectivity index (χ2n) is 9.65. The van der Waals surface area contributed by atoms with Crippen molar-refractivity contribution in [3.63, 3.8) is 0 Å². The van der Waals surface area contributed by atoms with Crippen LogP contribution in [0.1, 0.15) is 12.8 Å². The van der Waals surface area contributed by atoms with Gasteiger partial charge in [0.05, 0.1) is 31.4 Å². The Bertz CT molecular complexity index is 1280. The average molecular weight is 513 g/mol. The highest BCUT2D eigenvalue weighted by molar-refractivity contribution is 5.81. The number of nitrogens with one attached hydrogen (secondary N) is 2. The standard InChI is InChI=1S/C26H29FN4O6/c1-34-26(33)28-15-6-8-31(9-7-15)16-4-2-14(3-5-16)23-17(27)10-18-19(30-23)11-22(29-18)37-21-13-36-24-20(32)12-35-25(21)24/h2-5,10-11,15,20-21,24-25,29,32H,6-9,12-13H2,1H3,(H,28,33)/t20-,21-,24-,25-/m1/s1. The van der Waals surface area contributed by atoms with Crippen LogP contribution in [0.15, 0.2) is 36.4 Å². The van der Waals surface area contributed by atoms with Gasteiger partial charge >= 0.3 is 6.09 Å². The molecule has 3 N–H and O–H groups in total. The van der Waals surface area contributed by atoms with Crippen LogP contribution in [0, 0.1) is 5.82 Å². The number of piperidine rings is 1. The van der Waals surface area contributed by atoms with Crippen molar-refractivity contribution in [3.05, 3.63) is 42.2 Å². The smallest absolute Gasteiger partial charge is 0.407 e. The van der Waals surface area contributed by atoms with Gasteiger partial charge in [-0.1, -0.05) is 12.1 Å². The van der Waals surface area contributed by atoms with Crippen molar-refractivity contribution in [2.45, 2.75) is 43.3 Å². The number of H-pyrrole nitrogens is 1. The van der Waals surface area contributed by atoms with E-state index in [1.165, 1.54) is 13.2 Å². The Morgan fingerprint density at radius 1 is 1.16 bits per heavy atom. The van der Waals surface area contributed by atoms with E-state index in [1.807, 2.05) is 24.3 Å². The van der Waals surface area contributed by atoms with E-state index in [2.05, 4.69) is 24.9 Å². The molecule has 0 aliphatic carbocycles. The number of ether oxygens (including phenoxy) is 4. The summed E-state index contributed by atoms with van der Waals surface area (Å²) in [5, 5.41) is 12.8. The molecular weight excluding hydrogens is 483 g/mol. The molecule has 2 aromatic heterocycles. The van der Waals surface area contributed by atoms with Gasteiger partial charge in [-0.15, -0.1) is 0 Å². The molecule has 1 amide bonds. The number of rotatable bonds is 5. The lowest BCUT2D eigenvalue weighted by Crippen LogP contribution is -2.44. The molecule has 6 rings (SSSR count). The monoisotopic (exact) mass is 512 g/mol. The molecule has 1 aromatic carbocycles. The number of carbonyl (C=O) groups excluding carboxylic acids is 1. The molecule has 5 heterocycles. The number of hydrogen-bond acceptors (Lipinski definition) is 8. The quantitative estimate of drug-likeness (QED) is 0.478. The van der Waals surface area contributed by atoms with Gasteiger partial charge in [-0.3, -0.25) is 0 Å². The van der Waals surface area contributed by atoms with Gasteiger partial charge in [0.15, 0.2) is 17.8 Å². The van der Waals surface area contributed by atoms with Crippen LogP contribution in [0.5, 0.6) is 5.88 Å². The maximum atomic E-state index is 15.0. The molecular formula is C26H29FN4O6. The molecule has 3 aromatic rings. The number of fused-ring (bicyclic) bond motifs is 2. The molecule has 0 spiro atoms. The fourth-order valence-electron chi connectivity index (χ4n) is 5.32. The highest BCUT2D eigenvalue weighted by Crippen LogP contribution is 2.32. The summed E-state index contributed by atoms with van der Waals surface area (Å²) in [5.41, 5.74) is 3.08. The summed E-state index contributed by atoms with van der Waals surface area (Å²) in [6.07, 6.45) is -0.502. The van der Waals surface area contributed by atoms with Crippen LogP contribution in [0.4, 0.5) is 14.9 Å². The SMILES string of the molecule is COC(=O)NC1CCN(c2ccc(-c3nc4cc(O[C@@H]5CO[C@H]6[C@@H]5OC[C@H]6O)[nH]c4cc3F)cc2)CC1. The topological polar surface area (TPSA) is 118 Å². The largest absolute Gasteiger partial charge is 0.470 e. The van der Waals surface area contributed by atoms with E-state index >= 15 is 4.39 Å². The summed E-state index contributed by atoms with van der Waals surface area (Å²) in [4.78, 5) is 21.3. The number of aromatic nitrogens is 2. The van der Waals surface area contributed by atoms with Gasteiger partial charge in [-0.05, 0) is 25.0 Å². The van der Waals surface area contributed by atoms with Crippen molar-refractivity contribution in [2.24, 2.45) is 0 Å². The third-order valence-corrected chi connectivity index (χ3v) is 7.30. The third-order valence-electron chi connectivity index (χ3n) is 7.30. The number of hydrogen-bond donors (Lipinski definition) is 3. The Balaban J connectivity index is 1.14. The second kappa shape index (κ2) is 9.81. The van der Waals surface area contributed by atoms with Crippen molar-refractivity contribution in [1.82, 2.24) is 15.3 Å². The number of methoxy groups -OCH3 is 1. The number of benzene rings is 1. The predicted octanol–water partition coefficient (Wildman–Crippen LogP) is 2.60. The minimum absolute atomic E-state index is 0.100. The van der Waals surface area contributed by atoms with Crippen molar-refractivity contribution in [3.8, 4) is 17.1 Å². The summed E-state index contributed by atoms with van der Waals surface area (Å²) >= 11 is 0. The fourth-order valence-corrected chi connectivity index (χ4v) is 5.32. The molecule has 37 heavy (non-hydrogen) atoms. The van der Waals surface area contributed by atoms with E-state index in [0.717, 1.165) is 31.6 Å². The van der Waals surface area contributed by atoms with Crippen molar-refractivity contribution >= 4 is 22.8 Å². The van der Waals surface area contributed by atoms with E-state index in [0.29, 0.717) is 29.1 Å². The van der Waals surface area contributed by atoms with E-state index in [-0.39, 0.29) is 36.7 Å². The molecule has 0 saturated carbocycles. The number of nitrogens with zero attached hydrogens (tertiary/aromatic N) is 2. The highest BCUT2D eigenvalue weighted by atomic mass is 19.1. The number of halogens is 1. The normalized spacial score (nSPS) is 25.9. The minimum atomic E-state index is -0.651. The number of carbonyl (C=O) groups is 1. The van der Waals surface area contributed by atoms with Crippen LogP contribution in [0.2, 0.25) is 0 Å². The van der Waals surface area contributed by atoms with Gasteiger partial charge in [0.2, 0.25) is 0 Å². The van der Waals surface area contributed by atoms with Crippen LogP contribution in [0.3, 0.4) is 0 Å². The zero-order valence-corrected chi connectivity index (χ0v) is 20.4. The summed E-state index contributed by atoms with van der Waals surface area (Å²) in [7, 11) is 1.36. The van der Waals surface area contributed by atoms with Gasteiger partial charge in [0.25, 0.3) is 0 Å².